The van der Waals surface area contributed by atoms with Crippen molar-refractivity contribution in [1.29, 1.82) is 0 Å². The molecule has 0 saturated carbocycles. The summed E-state index contributed by atoms with van der Waals surface area (Å²) in [4.78, 5) is 0. The Hall–Kier alpha value is -1.13. The summed E-state index contributed by atoms with van der Waals surface area (Å²) in [5.41, 5.74) is 6.45. The lowest BCUT2D eigenvalue weighted by Crippen LogP contribution is -2.17. The second-order valence-corrected chi connectivity index (χ2v) is 3.49. The zero-order valence-electron chi connectivity index (χ0n) is 8.40. The van der Waals surface area contributed by atoms with E-state index in [1.165, 1.54) is 0 Å². The van der Waals surface area contributed by atoms with Gasteiger partial charge < -0.3 is 20.3 Å². The Morgan fingerprint density at radius 1 is 1.47 bits per heavy atom. The minimum Gasteiger partial charge on any atom is -0.504 e. The molecule has 1 heterocycles. The molecule has 1 atom stereocenters. The molecule has 0 spiro atoms. The molecule has 1 aromatic carbocycles. The molecule has 0 saturated heterocycles. The van der Waals surface area contributed by atoms with Gasteiger partial charge >= 0.3 is 0 Å². The van der Waals surface area contributed by atoms with Crippen molar-refractivity contribution < 1.29 is 14.6 Å². The van der Waals surface area contributed by atoms with Gasteiger partial charge in [-0.15, -0.1) is 12.4 Å². The van der Waals surface area contributed by atoms with Crippen LogP contribution in [0.3, 0.4) is 0 Å². The first-order valence-corrected chi connectivity index (χ1v) is 4.54. The lowest BCUT2D eigenvalue weighted by Gasteiger charge is -2.08. The van der Waals surface area contributed by atoms with Crippen LogP contribution in [-0.2, 0) is 6.42 Å². The Labute approximate surface area is 94.4 Å². The van der Waals surface area contributed by atoms with E-state index in [1.54, 1.807) is 6.07 Å². The Kier molecular flexibility index (Phi) is 3.66. The summed E-state index contributed by atoms with van der Waals surface area (Å²) in [5.74, 6) is 1.18. The molecule has 0 radical (unpaired) electrons. The number of hydrogen-bond acceptors (Lipinski definition) is 4. The van der Waals surface area contributed by atoms with Crippen molar-refractivity contribution in [2.45, 2.75) is 19.4 Å². The van der Waals surface area contributed by atoms with Gasteiger partial charge in [-0.05, 0) is 25.0 Å². The molecule has 4 nitrogen and oxygen atoms in total. The average Bonchev–Trinajstić information content (AvgIpc) is 2.57. The number of nitrogens with two attached hydrogens (primary N) is 1. The Balaban J connectivity index is 0.00000112. The maximum atomic E-state index is 9.80. The topological polar surface area (TPSA) is 64.7 Å². The minimum absolute atomic E-state index is 0. The summed E-state index contributed by atoms with van der Waals surface area (Å²) in [6, 6.07) is 3.62. The number of benzene rings is 1. The van der Waals surface area contributed by atoms with Crippen molar-refractivity contribution in [3.05, 3.63) is 17.7 Å². The molecule has 1 aliphatic heterocycles. The molecule has 5 heteroatoms. The van der Waals surface area contributed by atoms with Crippen LogP contribution in [0.5, 0.6) is 17.2 Å². The molecule has 0 aromatic heterocycles. The minimum atomic E-state index is 0. The van der Waals surface area contributed by atoms with Gasteiger partial charge in [0.2, 0.25) is 12.5 Å². The van der Waals surface area contributed by atoms with Crippen LogP contribution in [0.4, 0.5) is 0 Å². The molecule has 0 bridgehead atoms. The third kappa shape index (κ3) is 2.27. The lowest BCUT2D eigenvalue weighted by atomic mass is 10.1. The van der Waals surface area contributed by atoms with Gasteiger partial charge in [-0.1, -0.05) is 6.07 Å². The highest BCUT2D eigenvalue weighted by molar-refractivity contribution is 5.85. The van der Waals surface area contributed by atoms with Gasteiger partial charge in [-0.25, -0.2) is 0 Å². The van der Waals surface area contributed by atoms with E-state index in [0.29, 0.717) is 17.9 Å². The second-order valence-electron chi connectivity index (χ2n) is 3.49. The summed E-state index contributed by atoms with van der Waals surface area (Å²) in [5, 5.41) is 9.80. The fourth-order valence-corrected chi connectivity index (χ4v) is 1.51. The van der Waals surface area contributed by atoms with Crippen molar-refractivity contribution in [2.75, 3.05) is 6.79 Å². The molecular weight excluding hydrogens is 218 g/mol. The molecule has 0 aliphatic carbocycles. The molecular formula is C10H14ClNO3. The van der Waals surface area contributed by atoms with Crippen LogP contribution in [0, 0.1) is 0 Å². The SMILES string of the molecule is C[C@@H](N)Cc1ccc2c(c1O)OCO2.Cl. The van der Waals surface area contributed by atoms with E-state index in [0.717, 1.165) is 5.56 Å². The van der Waals surface area contributed by atoms with Crippen LogP contribution in [0.25, 0.3) is 0 Å². The number of halogens is 1. The molecule has 0 amide bonds. The van der Waals surface area contributed by atoms with Gasteiger partial charge in [0.05, 0.1) is 0 Å². The zero-order valence-corrected chi connectivity index (χ0v) is 9.21. The summed E-state index contributed by atoms with van der Waals surface area (Å²) < 4.78 is 10.3. The maximum Gasteiger partial charge on any atom is 0.231 e. The zero-order chi connectivity index (χ0) is 10.1. The molecule has 1 aromatic rings. The predicted molar refractivity (Wildman–Crippen MR) is 58.8 cm³/mol. The van der Waals surface area contributed by atoms with Crippen molar-refractivity contribution in [3.63, 3.8) is 0 Å². The summed E-state index contributed by atoms with van der Waals surface area (Å²) in [7, 11) is 0. The van der Waals surface area contributed by atoms with Gasteiger partial charge in [0, 0.05) is 6.04 Å². The number of phenolic OH excluding ortho intramolecular Hbond substituents is 1. The lowest BCUT2D eigenvalue weighted by molar-refractivity contribution is 0.171. The van der Waals surface area contributed by atoms with Gasteiger partial charge in [0.25, 0.3) is 0 Å². The normalized spacial score (nSPS) is 14.5. The van der Waals surface area contributed by atoms with Crippen LogP contribution in [0.15, 0.2) is 12.1 Å². The van der Waals surface area contributed by atoms with Crippen LogP contribution in [0.2, 0.25) is 0 Å². The molecule has 3 N–H and O–H groups in total. The average molecular weight is 232 g/mol. The molecule has 2 rings (SSSR count). The van der Waals surface area contributed by atoms with E-state index in [1.807, 2.05) is 13.0 Å². The van der Waals surface area contributed by atoms with Crippen LogP contribution in [0.1, 0.15) is 12.5 Å². The molecule has 15 heavy (non-hydrogen) atoms. The number of rotatable bonds is 2. The predicted octanol–water partition coefficient (Wildman–Crippen LogP) is 1.43. The quantitative estimate of drug-likeness (QED) is 0.808. The second kappa shape index (κ2) is 4.59. The van der Waals surface area contributed by atoms with E-state index in [-0.39, 0.29) is 31.0 Å². The fraction of sp³-hybridized carbons (Fsp3) is 0.400. The first kappa shape index (κ1) is 11.9. The first-order valence-electron chi connectivity index (χ1n) is 4.54. The van der Waals surface area contributed by atoms with E-state index >= 15 is 0 Å². The van der Waals surface area contributed by atoms with Crippen LogP contribution in [-0.4, -0.2) is 17.9 Å². The molecule has 84 valence electrons. The van der Waals surface area contributed by atoms with Gasteiger partial charge in [0.15, 0.2) is 11.5 Å². The van der Waals surface area contributed by atoms with E-state index in [4.69, 9.17) is 15.2 Å². The summed E-state index contributed by atoms with van der Waals surface area (Å²) >= 11 is 0. The van der Waals surface area contributed by atoms with E-state index in [2.05, 4.69) is 0 Å². The molecule has 0 fully saturated rings. The van der Waals surface area contributed by atoms with Crippen molar-refractivity contribution >= 4 is 12.4 Å². The highest BCUT2D eigenvalue weighted by Gasteiger charge is 2.20. The highest BCUT2D eigenvalue weighted by Crippen LogP contribution is 2.42. The highest BCUT2D eigenvalue weighted by atomic mass is 35.5. The summed E-state index contributed by atoms with van der Waals surface area (Å²) in [6.45, 7) is 2.06. The van der Waals surface area contributed by atoms with Gasteiger partial charge in [-0.3, -0.25) is 0 Å². The van der Waals surface area contributed by atoms with Crippen LogP contribution < -0.4 is 15.2 Å². The Morgan fingerprint density at radius 2 is 2.20 bits per heavy atom. The van der Waals surface area contributed by atoms with Crippen molar-refractivity contribution in [1.82, 2.24) is 0 Å². The van der Waals surface area contributed by atoms with E-state index < -0.39 is 0 Å². The first-order chi connectivity index (χ1) is 6.68. The Morgan fingerprint density at radius 3 is 2.87 bits per heavy atom. The maximum absolute atomic E-state index is 9.80. The van der Waals surface area contributed by atoms with Crippen molar-refractivity contribution in [2.24, 2.45) is 5.73 Å². The van der Waals surface area contributed by atoms with Crippen LogP contribution >= 0.6 is 12.4 Å². The smallest absolute Gasteiger partial charge is 0.231 e. The van der Waals surface area contributed by atoms with E-state index in [9.17, 15) is 5.11 Å². The van der Waals surface area contributed by atoms with Crippen molar-refractivity contribution in [3.8, 4) is 17.2 Å². The number of aromatic hydroxyl groups is 1. The largest absolute Gasteiger partial charge is 0.504 e. The monoisotopic (exact) mass is 231 g/mol. The Bertz CT molecular complexity index is 355. The number of phenols is 1. The van der Waals surface area contributed by atoms with Gasteiger partial charge in [0.1, 0.15) is 0 Å². The standard InChI is InChI=1S/C10H13NO3.ClH/c1-6(11)4-7-2-3-8-10(9(7)12)14-5-13-8;/h2-3,6,12H,4-5,11H2,1H3;1H/t6-;/m1./s1. The molecule has 0 unspecified atom stereocenters. The fourth-order valence-electron chi connectivity index (χ4n) is 1.51. The van der Waals surface area contributed by atoms with Gasteiger partial charge in [-0.2, -0.15) is 0 Å². The number of ether oxygens (including phenoxy) is 2. The third-order valence-corrected chi connectivity index (χ3v) is 2.14. The number of hydrogen-bond donors (Lipinski definition) is 2. The number of fused-ring (bicyclic) bond motifs is 1. The summed E-state index contributed by atoms with van der Waals surface area (Å²) in [6.07, 6.45) is 0.627. The third-order valence-electron chi connectivity index (χ3n) is 2.14. The molecule has 1 aliphatic rings.